The first-order valence-corrected chi connectivity index (χ1v) is 9.35. The van der Waals surface area contributed by atoms with E-state index in [0.717, 1.165) is 19.4 Å². The summed E-state index contributed by atoms with van der Waals surface area (Å²) in [6, 6.07) is 0.613. The number of rotatable bonds is 7. The van der Waals surface area contributed by atoms with E-state index in [0.29, 0.717) is 17.7 Å². The van der Waals surface area contributed by atoms with E-state index < -0.39 is 9.84 Å². The highest BCUT2D eigenvalue weighted by Crippen LogP contribution is 2.27. The third-order valence-corrected chi connectivity index (χ3v) is 5.89. The van der Waals surface area contributed by atoms with Crippen molar-refractivity contribution in [2.75, 3.05) is 18.1 Å². The Bertz CT molecular complexity index is 314. The van der Waals surface area contributed by atoms with Crippen LogP contribution in [0.25, 0.3) is 0 Å². The van der Waals surface area contributed by atoms with Gasteiger partial charge in [-0.1, -0.05) is 33.1 Å². The zero-order valence-corrected chi connectivity index (χ0v) is 12.8. The van der Waals surface area contributed by atoms with Gasteiger partial charge in [-0.25, -0.2) is 8.42 Å². The summed E-state index contributed by atoms with van der Waals surface area (Å²) < 4.78 is 23.0. The molecule has 0 aromatic rings. The van der Waals surface area contributed by atoms with Gasteiger partial charge in [-0.15, -0.1) is 0 Å². The highest BCUT2D eigenvalue weighted by molar-refractivity contribution is 7.91. The minimum Gasteiger partial charge on any atom is -0.314 e. The molecule has 0 aromatic heterocycles. The predicted octanol–water partition coefficient (Wildman–Crippen LogP) is 2.76. The first-order chi connectivity index (χ1) is 8.59. The zero-order valence-electron chi connectivity index (χ0n) is 12.0. The van der Waals surface area contributed by atoms with Crippen LogP contribution in [0.1, 0.15) is 58.8 Å². The molecule has 0 heterocycles. The molecule has 1 aliphatic carbocycles. The van der Waals surface area contributed by atoms with Gasteiger partial charge in [0.1, 0.15) is 9.84 Å². The van der Waals surface area contributed by atoms with Crippen molar-refractivity contribution in [3.63, 3.8) is 0 Å². The second-order valence-corrected chi connectivity index (χ2v) is 7.91. The fourth-order valence-corrected chi connectivity index (χ4v) is 3.87. The Morgan fingerprint density at radius 2 is 1.83 bits per heavy atom. The van der Waals surface area contributed by atoms with Gasteiger partial charge in [0, 0.05) is 11.8 Å². The highest BCUT2D eigenvalue weighted by atomic mass is 32.2. The largest absolute Gasteiger partial charge is 0.314 e. The molecule has 0 spiro atoms. The van der Waals surface area contributed by atoms with E-state index in [4.69, 9.17) is 0 Å². The van der Waals surface area contributed by atoms with Crippen molar-refractivity contribution < 1.29 is 8.42 Å². The summed E-state index contributed by atoms with van der Waals surface area (Å²) in [6.07, 6.45) is 8.41. The number of hydrogen-bond donors (Lipinski definition) is 1. The van der Waals surface area contributed by atoms with Crippen molar-refractivity contribution in [2.24, 2.45) is 5.92 Å². The Hall–Kier alpha value is -0.0900. The number of hydrogen-bond acceptors (Lipinski definition) is 3. The fraction of sp³-hybridized carbons (Fsp3) is 1.00. The van der Waals surface area contributed by atoms with Crippen molar-refractivity contribution in [2.45, 2.75) is 64.8 Å². The molecule has 1 saturated carbocycles. The quantitative estimate of drug-likeness (QED) is 0.727. The maximum atomic E-state index is 11.5. The van der Waals surface area contributed by atoms with E-state index in [-0.39, 0.29) is 5.75 Å². The van der Waals surface area contributed by atoms with E-state index in [2.05, 4.69) is 12.2 Å². The molecule has 1 fully saturated rings. The van der Waals surface area contributed by atoms with E-state index in [9.17, 15) is 8.42 Å². The van der Waals surface area contributed by atoms with Crippen LogP contribution in [0.3, 0.4) is 0 Å². The van der Waals surface area contributed by atoms with Crippen LogP contribution < -0.4 is 5.32 Å². The summed E-state index contributed by atoms with van der Waals surface area (Å²) in [6.45, 7) is 4.92. The van der Waals surface area contributed by atoms with E-state index in [1.807, 2.05) is 0 Å². The molecule has 1 aliphatic rings. The third kappa shape index (κ3) is 5.70. The van der Waals surface area contributed by atoms with Crippen LogP contribution >= 0.6 is 0 Å². The van der Waals surface area contributed by atoms with Crippen LogP contribution in [0.5, 0.6) is 0 Å². The van der Waals surface area contributed by atoms with Gasteiger partial charge in [-0.2, -0.15) is 0 Å². The molecule has 2 unspecified atom stereocenters. The average Bonchev–Trinajstić information content (AvgIpc) is 2.56. The lowest BCUT2D eigenvalue weighted by Crippen LogP contribution is -2.35. The Morgan fingerprint density at radius 1 is 1.11 bits per heavy atom. The summed E-state index contributed by atoms with van der Waals surface area (Å²) in [5.41, 5.74) is 0. The molecule has 4 heteroatoms. The lowest BCUT2D eigenvalue weighted by atomic mass is 9.90. The van der Waals surface area contributed by atoms with Crippen LogP contribution in [0.4, 0.5) is 0 Å². The van der Waals surface area contributed by atoms with Crippen molar-refractivity contribution in [3.8, 4) is 0 Å². The van der Waals surface area contributed by atoms with Gasteiger partial charge in [0.05, 0.1) is 5.75 Å². The van der Waals surface area contributed by atoms with Crippen LogP contribution in [0, 0.1) is 5.92 Å². The number of nitrogens with one attached hydrogen (secondary N) is 1. The monoisotopic (exact) mass is 275 g/mol. The normalized spacial score (nSPS) is 25.9. The fourth-order valence-electron chi connectivity index (χ4n) is 2.97. The lowest BCUT2D eigenvalue weighted by molar-refractivity contribution is 0.319. The molecular formula is C14H29NO2S. The SMILES string of the molecule is CCNC1CCCCCC1CCCS(=O)(=O)CC. The molecule has 0 aromatic carbocycles. The summed E-state index contributed by atoms with van der Waals surface area (Å²) in [7, 11) is -2.78. The van der Waals surface area contributed by atoms with Crippen molar-refractivity contribution >= 4 is 9.84 Å². The molecule has 0 amide bonds. The van der Waals surface area contributed by atoms with Crippen LogP contribution in [-0.2, 0) is 9.84 Å². The van der Waals surface area contributed by atoms with E-state index in [1.165, 1.54) is 32.1 Å². The van der Waals surface area contributed by atoms with Gasteiger partial charge in [0.25, 0.3) is 0 Å². The minimum atomic E-state index is -2.78. The van der Waals surface area contributed by atoms with Gasteiger partial charge in [-0.3, -0.25) is 0 Å². The molecule has 1 rings (SSSR count). The van der Waals surface area contributed by atoms with Crippen molar-refractivity contribution in [1.82, 2.24) is 5.32 Å². The molecule has 0 aliphatic heterocycles. The molecule has 1 N–H and O–H groups in total. The topological polar surface area (TPSA) is 46.2 Å². The maximum absolute atomic E-state index is 11.5. The average molecular weight is 275 g/mol. The molecule has 0 saturated heterocycles. The molecule has 3 nitrogen and oxygen atoms in total. The molecule has 0 radical (unpaired) electrons. The van der Waals surface area contributed by atoms with Crippen LogP contribution in [0.2, 0.25) is 0 Å². The van der Waals surface area contributed by atoms with Gasteiger partial charge in [-0.05, 0) is 38.1 Å². The maximum Gasteiger partial charge on any atom is 0.150 e. The van der Waals surface area contributed by atoms with Crippen molar-refractivity contribution in [1.29, 1.82) is 0 Å². The Morgan fingerprint density at radius 3 is 2.50 bits per heavy atom. The molecule has 2 atom stereocenters. The smallest absolute Gasteiger partial charge is 0.150 e. The zero-order chi connectivity index (χ0) is 13.4. The first kappa shape index (κ1) is 16.0. The molecule has 18 heavy (non-hydrogen) atoms. The Labute approximate surface area is 113 Å². The Kier molecular flexibility index (Phi) is 7.23. The van der Waals surface area contributed by atoms with E-state index >= 15 is 0 Å². The Balaban J connectivity index is 2.41. The highest BCUT2D eigenvalue weighted by Gasteiger charge is 2.23. The predicted molar refractivity (Wildman–Crippen MR) is 77.6 cm³/mol. The standard InChI is InChI=1S/C14H29NO2S/c1-3-15-14-11-7-5-6-9-13(14)10-8-12-18(16,17)4-2/h13-15H,3-12H2,1-2H3. The van der Waals surface area contributed by atoms with Crippen LogP contribution in [-0.4, -0.2) is 32.5 Å². The first-order valence-electron chi connectivity index (χ1n) is 7.53. The second-order valence-electron chi connectivity index (χ2n) is 5.44. The minimum absolute atomic E-state index is 0.286. The third-order valence-electron chi connectivity index (χ3n) is 4.10. The van der Waals surface area contributed by atoms with Gasteiger partial charge < -0.3 is 5.32 Å². The van der Waals surface area contributed by atoms with Gasteiger partial charge in [0.2, 0.25) is 0 Å². The second kappa shape index (κ2) is 8.16. The van der Waals surface area contributed by atoms with Gasteiger partial charge in [0.15, 0.2) is 0 Å². The van der Waals surface area contributed by atoms with Crippen LogP contribution in [0.15, 0.2) is 0 Å². The summed E-state index contributed by atoms with van der Waals surface area (Å²) in [5, 5.41) is 3.59. The summed E-state index contributed by atoms with van der Waals surface area (Å²) in [4.78, 5) is 0. The summed E-state index contributed by atoms with van der Waals surface area (Å²) in [5.74, 6) is 1.34. The molecule has 0 bridgehead atoms. The summed E-state index contributed by atoms with van der Waals surface area (Å²) >= 11 is 0. The lowest BCUT2D eigenvalue weighted by Gasteiger charge is -2.25. The molecular weight excluding hydrogens is 246 g/mol. The van der Waals surface area contributed by atoms with Crippen molar-refractivity contribution in [3.05, 3.63) is 0 Å². The molecule has 108 valence electrons. The van der Waals surface area contributed by atoms with Gasteiger partial charge >= 0.3 is 0 Å². The number of sulfone groups is 1. The van der Waals surface area contributed by atoms with E-state index in [1.54, 1.807) is 6.92 Å².